The van der Waals surface area contributed by atoms with Crippen LogP contribution in [0.5, 0.6) is 0 Å². The summed E-state index contributed by atoms with van der Waals surface area (Å²) in [6.45, 7) is 10.1. The van der Waals surface area contributed by atoms with E-state index in [1.165, 1.54) is 4.68 Å². The molecule has 2 aromatic carbocycles. The first-order chi connectivity index (χ1) is 14.5. The Hall–Kier alpha value is -2.73. The number of hydrogen-bond donors (Lipinski definition) is 0. The fourth-order valence-electron chi connectivity index (χ4n) is 4.15. The van der Waals surface area contributed by atoms with Crippen molar-refractivity contribution in [1.82, 2.24) is 9.78 Å². The molecule has 5 nitrogen and oxygen atoms in total. The van der Waals surface area contributed by atoms with Gasteiger partial charge in [-0.2, -0.15) is 5.10 Å². The molecular weight excluding hydrogens is 408 g/mol. The normalized spacial score (nSPS) is 11.8. The standard InChI is InChI=1S/C25H30N2O3S/c1-7-20-13-17(4)14-21(16(2)3)22(20)23-24(31(6,29)30)18(5)26-27(25(23)28)15-19-11-9-8-10-12-19/h8-14,16H,7,15H2,1-6H3. The maximum atomic E-state index is 13.8. The van der Waals surface area contributed by atoms with E-state index in [1.54, 1.807) is 6.92 Å². The average Bonchev–Trinajstić information content (AvgIpc) is 2.69. The van der Waals surface area contributed by atoms with E-state index in [-0.39, 0.29) is 28.5 Å². The summed E-state index contributed by atoms with van der Waals surface area (Å²) < 4.78 is 27.0. The molecule has 3 aromatic rings. The monoisotopic (exact) mass is 438 g/mol. The van der Waals surface area contributed by atoms with Crippen molar-refractivity contribution in [3.63, 3.8) is 0 Å². The molecule has 164 valence electrons. The molecule has 0 aliphatic carbocycles. The van der Waals surface area contributed by atoms with Gasteiger partial charge in [0.05, 0.1) is 17.8 Å². The second-order valence-electron chi connectivity index (χ2n) is 8.41. The van der Waals surface area contributed by atoms with Gasteiger partial charge in [-0.15, -0.1) is 0 Å². The molecule has 6 heteroatoms. The molecule has 1 aromatic heterocycles. The van der Waals surface area contributed by atoms with Gasteiger partial charge in [0, 0.05) is 6.26 Å². The number of rotatable bonds is 6. The molecule has 0 radical (unpaired) electrons. The highest BCUT2D eigenvalue weighted by Gasteiger charge is 2.28. The summed E-state index contributed by atoms with van der Waals surface area (Å²) in [4.78, 5) is 13.8. The first-order valence-electron chi connectivity index (χ1n) is 10.5. The van der Waals surface area contributed by atoms with Gasteiger partial charge in [0.2, 0.25) is 0 Å². The molecule has 0 atom stereocenters. The van der Waals surface area contributed by atoms with Gasteiger partial charge in [0.1, 0.15) is 4.90 Å². The minimum Gasteiger partial charge on any atom is -0.267 e. The van der Waals surface area contributed by atoms with E-state index in [9.17, 15) is 13.2 Å². The average molecular weight is 439 g/mol. The van der Waals surface area contributed by atoms with Crippen LogP contribution in [-0.2, 0) is 22.8 Å². The fraction of sp³-hybridized carbons (Fsp3) is 0.360. The molecule has 0 saturated heterocycles. The number of nitrogens with zero attached hydrogens (tertiary/aromatic N) is 2. The minimum absolute atomic E-state index is 0.0299. The molecule has 0 unspecified atom stereocenters. The highest BCUT2D eigenvalue weighted by atomic mass is 32.2. The molecular formula is C25H30N2O3S. The lowest BCUT2D eigenvalue weighted by Gasteiger charge is -2.21. The predicted molar refractivity (Wildman–Crippen MR) is 126 cm³/mol. The van der Waals surface area contributed by atoms with Crippen molar-refractivity contribution >= 4 is 9.84 Å². The summed E-state index contributed by atoms with van der Waals surface area (Å²) in [6, 6.07) is 13.7. The first-order valence-corrected chi connectivity index (χ1v) is 12.4. The van der Waals surface area contributed by atoms with E-state index >= 15 is 0 Å². The van der Waals surface area contributed by atoms with Crippen molar-refractivity contribution in [3.8, 4) is 11.1 Å². The Morgan fingerprint density at radius 1 is 1.03 bits per heavy atom. The molecule has 0 fully saturated rings. The van der Waals surface area contributed by atoms with Crippen LogP contribution < -0.4 is 5.56 Å². The quantitative estimate of drug-likeness (QED) is 0.561. The SMILES string of the molecule is CCc1cc(C)cc(C(C)C)c1-c1c(S(C)(=O)=O)c(C)nn(Cc2ccccc2)c1=O. The number of sulfone groups is 1. The minimum atomic E-state index is -3.68. The number of aromatic nitrogens is 2. The van der Waals surface area contributed by atoms with E-state index in [0.29, 0.717) is 12.1 Å². The van der Waals surface area contributed by atoms with Crippen LogP contribution in [0.1, 0.15) is 54.6 Å². The van der Waals surface area contributed by atoms with Gasteiger partial charge in [-0.1, -0.05) is 68.8 Å². The maximum Gasteiger partial charge on any atom is 0.276 e. The van der Waals surface area contributed by atoms with Crippen LogP contribution in [0.3, 0.4) is 0 Å². The largest absolute Gasteiger partial charge is 0.276 e. The van der Waals surface area contributed by atoms with Crippen LogP contribution in [0.25, 0.3) is 11.1 Å². The van der Waals surface area contributed by atoms with E-state index in [0.717, 1.165) is 34.1 Å². The van der Waals surface area contributed by atoms with Crippen LogP contribution in [-0.4, -0.2) is 24.5 Å². The lowest BCUT2D eigenvalue weighted by atomic mass is 9.86. The molecule has 0 saturated carbocycles. The molecule has 0 bridgehead atoms. The van der Waals surface area contributed by atoms with Gasteiger partial charge in [0.15, 0.2) is 9.84 Å². The van der Waals surface area contributed by atoms with Gasteiger partial charge in [0.25, 0.3) is 5.56 Å². The molecule has 0 aliphatic heterocycles. The Labute approximate surface area is 184 Å². The molecule has 0 spiro atoms. The number of aryl methyl sites for hydroxylation is 3. The van der Waals surface area contributed by atoms with Gasteiger partial charge in [-0.05, 0) is 48.4 Å². The van der Waals surface area contributed by atoms with Crippen molar-refractivity contribution in [2.24, 2.45) is 0 Å². The summed E-state index contributed by atoms with van der Waals surface area (Å²) in [5.41, 5.74) is 4.92. The lowest BCUT2D eigenvalue weighted by molar-refractivity contribution is 0.590. The zero-order valence-corrected chi connectivity index (χ0v) is 19.9. The molecule has 1 heterocycles. The van der Waals surface area contributed by atoms with Crippen LogP contribution in [0.15, 0.2) is 52.2 Å². The topological polar surface area (TPSA) is 69.0 Å². The third-order valence-electron chi connectivity index (χ3n) is 5.47. The molecule has 0 amide bonds. The van der Waals surface area contributed by atoms with E-state index in [1.807, 2.05) is 50.2 Å². The fourth-order valence-corrected chi connectivity index (χ4v) is 5.28. The molecule has 3 rings (SSSR count). The van der Waals surface area contributed by atoms with Crippen molar-refractivity contribution in [2.75, 3.05) is 6.26 Å². The van der Waals surface area contributed by atoms with Crippen molar-refractivity contribution in [3.05, 3.63) is 80.8 Å². The summed E-state index contributed by atoms with van der Waals surface area (Å²) >= 11 is 0. The molecule has 0 N–H and O–H groups in total. The van der Waals surface area contributed by atoms with Crippen LogP contribution in [0.4, 0.5) is 0 Å². The Balaban J connectivity index is 2.46. The van der Waals surface area contributed by atoms with Gasteiger partial charge < -0.3 is 0 Å². The Kier molecular flexibility index (Phi) is 6.51. The molecule has 0 aliphatic rings. The highest BCUT2D eigenvalue weighted by molar-refractivity contribution is 7.90. The van der Waals surface area contributed by atoms with Gasteiger partial charge in [-0.3, -0.25) is 4.79 Å². The van der Waals surface area contributed by atoms with Crippen LogP contribution in [0, 0.1) is 13.8 Å². The summed E-state index contributed by atoms with van der Waals surface area (Å²) in [5, 5.41) is 4.39. The first kappa shape index (κ1) is 22.9. The smallest absolute Gasteiger partial charge is 0.267 e. The Morgan fingerprint density at radius 2 is 1.68 bits per heavy atom. The third kappa shape index (κ3) is 4.64. The Morgan fingerprint density at radius 3 is 2.23 bits per heavy atom. The molecule has 31 heavy (non-hydrogen) atoms. The summed E-state index contributed by atoms with van der Waals surface area (Å²) in [6.07, 6.45) is 1.84. The second-order valence-corrected chi connectivity index (χ2v) is 10.4. The van der Waals surface area contributed by atoms with Gasteiger partial charge >= 0.3 is 0 Å². The summed E-state index contributed by atoms with van der Waals surface area (Å²) in [5.74, 6) is 0.128. The van der Waals surface area contributed by atoms with Crippen molar-refractivity contribution in [2.45, 2.75) is 58.4 Å². The maximum absolute atomic E-state index is 13.8. The third-order valence-corrected chi connectivity index (χ3v) is 6.71. The van der Waals surface area contributed by atoms with Crippen LogP contribution >= 0.6 is 0 Å². The van der Waals surface area contributed by atoms with Gasteiger partial charge in [-0.25, -0.2) is 13.1 Å². The Bertz CT molecular complexity index is 1270. The number of hydrogen-bond acceptors (Lipinski definition) is 4. The zero-order chi connectivity index (χ0) is 22.9. The summed E-state index contributed by atoms with van der Waals surface area (Å²) in [7, 11) is -3.68. The lowest BCUT2D eigenvalue weighted by Crippen LogP contribution is -2.29. The van der Waals surface area contributed by atoms with Crippen LogP contribution in [0.2, 0.25) is 0 Å². The highest BCUT2D eigenvalue weighted by Crippen LogP contribution is 2.36. The number of benzene rings is 2. The van der Waals surface area contributed by atoms with E-state index in [4.69, 9.17) is 0 Å². The zero-order valence-electron chi connectivity index (χ0n) is 19.1. The van der Waals surface area contributed by atoms with E-state index in [2.05, 4.69) is 25.0 Å². The second kappa shape index (κ2) is 8.79. The van der Waals surface area contributed by atoms with E-state index < -0.39 is 9.84 Å². The van der Waals surface area contributed by atoms with Crippen molar-refractivity contribution in [1.29, 1.82) is 0 Å². The van der Waals surface area contributed by atoms with Crippen molar-refractivity contribution < 1.29 is 8.42 Å². The predicted octanol–water partition coefficient (Wildman–Crippen LogP) is 4.66.